The van der Waals surface area contributed by atoms with Crippen LogP contribution in [0.1, 0.15) is 48.9 Å². The molecule has 0 unspecified atom stereocenters. The summed E-state index contributed by atoms with van der Waals surface area (Å²) in [4.78, 5) is 12.5. The van der Waals surface area contributed by atoms with E-state index in [1.165, 1.54) is 31.4 Å². The van der Waals surface area contributed by atoms with E-state index in [0.717, 1.165) is 37.0 Å². The third-order valence-corrected chi connectivity index (χ3v) is 5.60. The van der Waals surface area contributed by atoms with Crippen LogP contribution in [0, 0.1) is 23.6 Å². The lowest BCUT2D eigenvalue weighted by Gasteiger charge is -2.56. The summed E-state index contributed by atoms with van der Waals surface area (Å²) < 4.78 is 13.4. The Hall–Kier alpha value is -1.58. The first-order valence-corrected chi connectivity index (χ1v) is 7.90. The molecule has 21 heavy (non-hydrogen) atoms. The van der Waals surface area contributed by atoms with Gasteiger partial charge in [0.15, 0.2) is 0 Å². The molecule has 4 fully saturated rings. The molecule has 4 bridgehead atoms. The SMILES string of the molecule is Nc1cc(F)cc(C(=O)NC23CC4CC(CC(C4)C2)C3)c1. The maximum atomic E-state index is 13.4. The molecule has 0 radical (unpaired) electrons. The number of amides is 1. The number of hydrogen-bond donors (Lipinski definition) is 2. The van der Waals surface area contributed by atoms with E-state index in [1.54, 1.807) is 6.07 Å². The van der Waals surface area contributed by atoms with Gasteiger partial charge < -0.3 is 11.1 Å². The first-order chi connectivity index (χ1) is 10.0. The lowest BCUT2D eigenvalue weighted by Crippen LogP contribution is -2.59. The van der Waals surface area contributed by atoms with E-state index in [0.29, 0.717) is 11.3 Å². The molecule has 1 aromatic rings. The molecule has 0 saturated heterocycles. The zero-order chi connectivity index (χ0) is 14.6. The molecule has 0 aromatic heterocycles. The molecule has 0 heterocycles. The Morgan fingerprint density at radius 2 is 1.67 bits per heavy atom. The molecule has 4 heteroatoms. The van der Waals surface area contributed by atoms with Gasteiger partial charge in [-0.25, -0.2) is 4.39 Å². The summed E-state index contributed by atoms with van der Waals surface area (Å²) in [7, 11) is 0. The molecular formula is C17H21FN2O. The second-order valence-electron chi connectivity index (χ2n) is 7.43. The zero-order valence-corrected chi connectivity index (χ0v) is 12.1. The number of hydrogen-bond acceptors (Lipinski definition) is 2. The smallest absolute Gasteiger partial charge is 0.251 e. The number of benzene rings is 1. The largest absolute Gasteiger partial charge is 0.399 e. The van der Waals surface area contributed by atoms with Gasteiger partial charge in [0, 0.05) is 16.8 Å². The number of nitrogen functional groups attached to an aromatic ring is 1. The highest BCUT2D eigenvalue weighted by Crippen LogP contribution is 2.55. The summed E-state index contributed by atoms with van der Waals surface area (Å²) in [6.07, 6.45) is 7.28. The molecule has 5 rings (SSSR count). The summed E-state index contributed by atoms with van der Waals surface area (Å²) in [6.45, 7) is 0. The van der Waals surface area contributed by atoms with Gasteiger partial charge in [-0.15, -0.1) is 0 Å². The zero-order valence-electron chi connectivity index (χ0n) is 12.1. The Labute approximate surface area is 124 Å². The van der Waals surface area contributed by atoms with Crippen LogP contribution >= 0.6 is 0 Å². The summed E-state index contributed by atoms with van der Waals surface area (Å²) in [5.74, 6) is 1.69. The molecule has 4 saturated carbocycles. The van der Waals surface area contributed by atoms with Gasteiger partial charge in [0.25, 0.3) is 5.91 Å². The summed E-state index contributed by atoms with van der Waals surface area (Å²) in [5.41, 5.74) is 6.22. The number of nitrogens with one attached hydrogen (secondary N) is 1. The summed E-state index contributed by atoms with van der Waals surface area (Å²) >= 11 is 0. The average Bonchev–Trinajstić information content (AvgIpc) is 2.35. The molecule has 0 atom stereocenters. The van der Waals surface area contributed by atoms with E-state index >= 15 is 0 Å². The van der Waals surface area contributed by atoms with Crippen molar-refractivity contribution in [1.82, 2.24) is 5.32 Å². The van der Waals surface area contributed by atoms with E-state index in [-0.39, 0.29) is 11.4 Å². The number of halogens is 1. The lowest BCUT2D eigenvalue weighted by atomic mass is 9.53. The quantitative estimate of drug-likeness (QED) is 0.822. The molecule has 4 aliphatic carbocycles. The van der Waals surface area contributed by atoms with Crippen molar-refractivity contribution >= 4 is 11.6 Å². The van der Waals surface area contributed by atoms with Crippen molar-refractivity contribution in [1.29, 1.82) is 0 Å². The van der Waals surface area contributed by atoms with Crippen molar-refractivity contribution in [3.05, 3.63) is 29.6 Å². The minimum atomic E-state index is -0.453. The van der Waals surface area contributed by atoms with Crippen LogP contribution in [0.3, 0.4) is 0 Å². The number of anilines is 1. The molecular weight excluding hydrogens is 267 g/mol. The van der Waals surface area contributed by atoms with Crippen molar-refractivity contribution in [2.45, 2.75) is 44.1 Å². The molecule has 3 nitrogen and oxygen atoms in total. The Kier molecular flexibility index (Phi) is 2.78. The van der Waals surface area contributed by atoms with Crippen LogP contribution in [0.15, 0.2) is 18.2 Å². The molecule has 1 aromatic carbocycles. The summed E-state index contributed by atoms with van der Waals surface area (Å²) in [6, 6.07) is 4.06. The second-order valence-corrected chi connectivity index (χ2v) is 7.43. The predicted octanol–water partition coefficient (Wildman–Crippen LogP) is 3.11. The minimum absolute atomic E-state index is 0.0487. The first-order valence-electron chi connectivity index (χ1n) is 7.90. The number of carbonyl (C=O) groups is 1. The van der Waals surface area contributed by atoms with E-state index < -0.39 is 5.82 Å². The third-order valence-electron chi connectivity index (χ3n) is 5.60. The van der Waals surface area contributed by atoms with Gasteiger partial charge in [-0.2, -0.15) is 0 Å². The lowest BCUT2D eigenvalue weighted by molar-refractivity contribution is -0.0167. The van der Waals surface area contributed by atoms with E-state index in [4.69, 9.17) is 5.73 Å². The Bertz CT molecular complexity index is 543. The molecule has 0 aliphatic heterocycles. The first kappa shape index (κ1) is 13.1. The Morgan fingerprint density at radius 3 is 2.19 bits per heavy atom. The predicted molar refractivity (Wildman–Crippen MR) is 79.2 cm³/mol. The normalized spacial score (nSPS) is 36.7. The van der Waals surface area contributed by atoms with Crippen molar-refractivity contribution < 1.29 is 9.18 Å². The summed E-state index contributed by atoms with van der Waals surface area (Å²) in [5, 5.41) is 3.23. The molecule has 1 amide bonds. The van der Waals surface area contributed by atoms with Crippen molar-refractivity contribution in [2.75, 3.05) is 5.73 Å². The third kappa shape index (κ3) is 2.30. The van der Waals surface area contributed by atoms with Gasteiger partial charge in [0.2, 0.25) is 0 Å². The monoisotopic (exact) mass is 288 g/mol. The van der Waals surface area contributed by atoms with Crippen molar-refractivity contribution in [3.63, 3.8) is 0 Å². The van der Waals surface area contributed by atoms with Crippen molar-refractivity contribution in [2.24, 2.45) is 17.8 Å². The Morgan fingerprint density at radius 1 is 1.10 bits per heavy atom. The van der Waals surface area contributed by atoms with Gasteiger partial charge >= 0.3 is 0 Å². The topological polar surface area (TPSA) is 55.1 Å². The van der Waals surface area contributed by atoms with Crippen LogP contribution in [0.4, 0.5) is 10.1 Å². The fraction of sp³-hybridized carbons (Fsp3) is 0.588. The van der Waals surface area contributed by atoms with Crippen LogP contribution < -0.4 is 11.1 Å². The average molecular weight is 288 g/mol. The van der Waals surface area contributed by atoms with Crippen LogP contribution in [-0.4, -0.2) is 11.4 Å². The molecule has 0 spiro atoms. The van der Waals surface area contributed by atoms with Crippen molar-refractivity contribution in [3.8, 4) is 0 Å². The molecule has 112 valence electrons. The van der Waals surface area contributed by atoms with Crippen LogP contribution in [-0.2, 0) is 0 Å². The maximum absolute atomic E-state index is 13.4. The van der Waals surface area contributed by atoms with E-state index in [2.05, 4.69) is 5.32 Å². The number of nitrogens with two attached hydrogens (primary N) is 1. The van der Waals surface area contributed by atoms with Gasteiger partial charge in [-0.05, 0) is 74.5 Å². The standard InChI is InChI=1S/C17H21FN2O/c18-14-4-13(5-15(19)6-14)16(21)20-17-7-10-1-11(8-17)3-12(2-10)9-17/h4-6,10-12H,1-3,7-9,19H2,(H,20,21). The fourth-order valence-electron chi connectivity index (χ4n) is 5.32. The molecule has 3 N–H and O–H groups in total. The van der Waals surface area contributed by atoms with Gasteiger partial charge in [-0.3, -0.25) is 4.79 Å². The van der Waals surface area contributed by atoms with Gasteiger partial charge in [-0.1, -0.05) is 0 Å². The molecule has 4 aliphatic rings. The highest BCUT2D eigenvalue weighted by atomic mass is 19.1. The van der Waals surface area contributed by atoms with Crippen LogP contribution in [0.5, 0.6) is 0 Å². The second kappa shape index (κ2) is 4.46. The number of rotatable bonds is 2. The number of carbonyl (C=O) groups excluding carboxylic acids is 1. The maximum Gasteiger partial charge on any atom is 0.251 e. The van der Waals surface area contributed by atoms with E-state index in [9.17, 15) is 9.18 Å². The minimum Gasteiger partial charge on any atom is -0.399 e. The van der Waals surface area contributed by atoms with Gasteiger partial charge in [0.05, 0.1) is 0 Å². The van der Waals surface area contributed by atoms with Gasteiger partial charge in [0.1, 0.15) is 5.82 Å². The highest BCUT2D eigenvalue weighted by molar-refractivity contribution is 5.95. The van der Waals surface area contributed by atoms with E-state index in [1.807, 2.05) is 0 Å². The van der Waals surface area contributed by atoms with Crippen LogP contribution in [0.25, 0.3) is 0 Å². The fourth-order valence-corrected chi connectivity index (χ4v) is 5.32. The highest BCUT2D eigenvalue weighted by Gasteiger charge is 2.51. The Balaban J connectivity index is 1.56. The van der Waals surface area contributed by atoms with Crippen LogP contribution in [0.2, 0.25) is 0 Å².